The number of rotatable bonds is 3. The predicted molar refractivity (Wildman–Crippen MR) is 83.3 cm³/mol. The highest BCUT2D eigenvalue weighted by molar-refractivity contribution is 7.09. The lowest BCUT2D eigenvalue weighted by molar-refractivity contribution is -0.139. The van der Waals surface area contributed by atoms with Crippen molar-refractivity contribution < 1.29 is 9.18 Å². The zero-order chi connectivity index (χ0) is 15.3. The first-order valence-electron chi connectivity index (χ1n) is 8.14. The summed E-state index contributed by atoms with van der Waals surface area (Å²) < 4.78 is 12.9. The number of halogens is 1. The van der Waals surface area contributed by atoms with Gasteiger partial charge in [0.15, 0.2) is 0 Å². The molecule has 0 radical (unpaired) electrons. The largest absolute Gasteiger partial charge is 0.342 e. The van der Waals surface area contributed by atoms with Crippen LogP contribution in [0.3, 0.4) is 0 Å². The normalized spacial score (nSPS) is 34.7. The first-order valence-corrected chi connectivity index (χ1v) is 9.02. The van der Waals surface area contributed by atoms with E-state index in [1.165, 1.54) is 5.69 Å². The molecule has 3 fully saturated rings. The van der Waals surface area contributed by atoms with Gasteiger partial charge in [0, 0.05) is 44.0 Å². The molecule has 3 heterocycles. The van der Waals surface area contributed by atoms with Gasteiger partial charge in [-0.1, -0.05) is 0 Å². The minimum absolute atomic E-state index is 0.0390. The Morgan fingerprint density at radius 1 is 1.32 bits per heavy atom. The summed E-state index contributed by atoms with van der Waals surface area (Å²) in [6, 6.07) is 0. The van der Waals surface area contributed by atoms with Gasteiger partial charge < -0.3 is 4.90 Å². The lowest BCUT2D eigenvalue weighted by atomic mass is 9.82. The van der Waals surface area contributed by atoms with Crippen LogP contribution in [-0.2, 0) is 11.3 Å². The summed E-state index contributed by atoms with van der Waals surface area (Å²) >= 11 is 1.70. The molecule has 1 saturated carbocycles. The number of amides is 1. The monoisotopic (exact) mass is 323 g/mol. The first kappa shape index (κ1) is 14.6. The Labute approximate surface area is 134 Å². The summed E-state index contributed by atoms with van der Waals surface area (Å²) in [5, 5.41) is 3.27. The molecule has 0 bridgehead atoms. The molecule has 1 amide bonds. The molecule has 2 aliphatic heterocycles. The number of hydrogen-bond acceptors (Lipinski definition) is 4. The van der Waals surface area contributed by atoms with Gasteiger partial charge in [-0.3, -0.25) is 9.69 Å². The average molecular weight is 323 g/mol. The van der Waals surface area contributed by atoms with Crippen molar-refractivity contribution in [3.8, 4) is 0 Å². The summed E-state index contributed by atoms with van der Waals surface area (Å²) in [6.07, 6.45) is 0.146. The molecule has 1 aromatic rings. The van der Waals surface area contributed by atoms with Gasteiger partial charge in [0.05, 0.1) is 10.7 Å². The van der Waals surface area contributed by atoms with E-state index in [0.29, 0.717) is 24.7 Å². The summed E-state index contributed by atoms with van der Waals surface area (Å²) in [7, 11) is 0. The van der Waals surface area contributed by atoms with Gasteiger partial charge in [-0.25, -0.2) is 9.37 Å². The molecule has 2 saturated heterocycles. The summed E-state index contributed by atoms with van der Waals surface area (Å²) in [6.45, 7) is 6.81. The fraction of sp³-hybridized carbons (Fsp3) is 0.750. The molecule has 1 aliphatic carbocycles. The Kier molecular flexibility index (Phi) is 3.69. The molecular formula is C16H22FN3OS. The molecule has 4 rings (SSSR count). The maximum Gasteiger partial charge on any atom is 0.225 e. The van der Waals surface area contributed by atoms with Gasteiger partial charge in [0.2, 0.25) is 5.91 Å². The smallest absolute Gasteiger partial charge is 0.225 e. The fourth-order valence-electron chi connectivity index (χ4n) is 4.12. The number of fused-ring (bicyclic) bond motifs is 1. The molecule has 2 atom stereocenters. The lowest BCUT2D eigenvalue weighted by Crippen LogP contribution is -2.42. The summed E-state index contributed by atoms with van der Waals surface area (Å²) in [5.74, 6) is 1.34. The first-order chi connectivity index (χ1) is 10.6. The standard InChI is InChI=1S/C16H22FN3OS/c1-10-18-15(9-22-10)8-19-4-12-6-20(7-13(12)5-19)16(21)11-2-14(17)3-11/h9,11-14H,2-8H2,1H3/t11?,12-,13-,14?/m1/s1. The molecule has 0 spiro atoms. The van der Waals surface area contributed by atoms with Crippen LogP contribution in [0.1, 0.15) is 23.5 Å². The van der Waals surface area contributed by atoms with Crippen molar-refractivity contribution in [2.45, 2.75) is 32.5 Å². The lowest BCUT2D eigenvalue weighted by Gasteiger charge is -2.32. The maximum absolute atomic E-state index is 12.9. The minimum atomic E-state index is -0.742. The highest BCUT2D eigenvalue weighted by atomic mass is 32.1. The highest BCUT2D eigenvalue weighted by Gasteiger charge is 2.45. The van der Waals surface area contributed by atoms with Crippen molar-refractivity contribution in [2.75, 3.05) is 26.2 Å². The third-order valence-electron chi connectivity index (χ3n) is 5.36. The highest BCUT2D eigenvalue weighted by Crippen LogP contribution is 2.36. The van der Waals surface area contributed by atoms with E-state index in [-0.39, 0.29) is 11.8 Å². The number of aryl methyl sites for hydroxylation is 1. The van der Waals surface area contributed by atoms with Crippen molar-refractivity contribution in [2.24, 2.45) is 17.8 Å². The zero-order valence-electron chi connectivity index (χ0n) is 12.9. The van der Waals surface area contributed by atoms with Gasteiger partial charge in [0.1, 0.15) is 6.17 Å². The van der Waals surface area contributed by atoms with Crippen molar-refractivity contribution in [1.82, 2.24) is 14.8 Å². The molecule has 1 aromatic heterocycles. The predicted octanol–water partition coefficient (Wildman–Crippen LogP) is 2.09. The van der Waals surface area contributed by atoms with E-state index in [2.05, 4.69) is 15.3 Å². The van der Waals surface area contributed by atoms with E-state index < -0.39 is 6.17 Å². The van der Waals surface area contributed by atoms with Crippen molar-refractivity contribution in [3.63, 3.8) is 0 Å². The number of hydrogen-bond donors (Lipinski definition) is 0. The Morgan fingerprint density at radius 2 is 2.00 bits per heavy atom. The van der Waals surface area contributed by atoms with Crippen LogP contribution < -0.4 is 0 Å². The maximum atomic E-state index is 12.9. The van der Waals surface area contributed by atoms with Crippen LogP contribution in [0.25, 0.3) is 0 Å². The second-order valence-electron chi connectivity index (χ2n) is 7.08. The molecular weight excluding hydrogens is 301 g/mol. The van der Waals surface area contributed by atoms with E-state index in [1.807, 2.05) is 11.8 Å². The molecule has 0 N–H and O–H groups in total. The quantitative estimate of drug-likeness (QED) is 0.855. The molecule has 6 heteroatoms. The molecule has 22 heavy (non-hydrogen) atoms. The minimum Gasteiger partial charge on any atom is -0.342 e. The van der Waals surface area contributed by atoms with Gasteiger partial charge in [0.25, 0.3) is 0 Å². The van der Waals surface area contributed by atoms with E-state index in [4.69, 9.17) is 0 Å². The number of nitrogens with zero attached hydrogens (tertiary/aromatic N) is 3. The number of aromatic nitrogens is 1. The third-order valence-corrected chi connectivity index (χ3v) is 6.18. The number of carbonyl (C=O) groups is 1. The van der Waals surface area contributed by atoms with E-state index in [0.717, 1.165) is 37.7 Å². The van der Waals surface area contributed by atoms with Crippen LogP contribution >= 0.6 is 11.3 Å². The SMILES string of the molecule is Cc1nc(CN2C[C@@H]3CN(C(=O)C4CC(F)C4)C[C@H]3C2)cs1. The second kappa shape index (κ2) is 5.57. The van der Waals surface area contributed by atoms with E-state index in [1.54, 1.807) is 11.3 Å². The summed E-state index contributed by atoms with van der Waals surface area (Å²) in [5.41, 5.74) is 1.17. The Balaban J connectivity index is 1.30. The Hall–Kier alpha value is -1.01. The second-order valence-corrected chi connectivity index (χ2v) is 8.14. The molecule has 3 aliphatic rings. The van der Waals surface area contributed by atoms with E-state index >= 15 is 0 Å². The van der Waals surface area contributed by atoms with Gasteiger partial charge in [-0.15, -0.1) is 11.3 Å². The Morgan fingerprint density at radius 3 is 2.55 bits per heavy atom. The van der Waals surface area contributed by atoms with Crippen molar-refractivity contribution in [3.05, 3.63) is 16.1 Å². The van der Waals surface area contributed by atoms with Crippen LogP contribution in [0.15, 0.2) is 5.38 Å². The van der Waals surface area contributed by atoms with Crippen LogP contribution in [-0.4, -0.2) is 53.0 Å². The summed E-state index contributed by atoms with van der Waals surface area (Å²) in [4.78, 5) is 21.3. The third kappa shape index (κ3) is 2.67. The van der Waals surface area contributed by atoms with Gasteiger partial charge >= 0.3 is 0 Å². The number of likely N-dealkylation sites (tertiary alicyclic amines) is 2. The average Bonchev–Trinajstić information content (AvgIpc) is 3.09. The Bertz CT molecular complexity index is 557. The molecule has 0 aromatic carbocycles. The van der Waals surface area contributed by atoms with Crippen LogP contribution in [0, 0.1) is 24.7 Å². The van der Waals surface area contributed by atoms with Crippen molar-refractivity contribution >= 4 is 17.2 Å². The molecule has 4 nitrogen and oxygen atoms in total. The molecule has 120 valence electrons. The van der Waals surface area contributed by atoms with Crippen LogP contribution in [0.4, 0.5) is 4.39 Å². The topological polar surface area (TPSA) is 36.4 Å². The van der Waals surface area contributed by atoms with E-state index in [9.17, 15) is 9.18 Å². The fourth-order valence-corrected chi connectivity index (χ4v) is 4.72. The van der Waals surface area contributed by atoms with Gasteiger partial charge in [-0.05, 0) is 31.6 Å². The molecule has 0 unspecified atom stereocenters. The number of carbonyl (C=O) groups excluding carboxylic acids is 1. The van der Waals surface area contributed by atoms with Crippen molar-refractivity contribution in [1.29, 1.82) is 0 Å². The van der Waals surface area contributed by atoms with Gasteiger partial charge in [-0.2, -0.15) is 0 Å². The van der Waals surface area contributed by atoms with Crippen LogP contribution in [0.5, 0.6) is 0 Å². The zero-order valence-corrected chi connectivity index (χ0v) is 13.7. The number of thiazole rings is 1. The van der Waals surface area contributed by atoms with Crippen LogP contribution in [0.2, 0.25) is 0 Å². The number of alkyl halides is 1.